The summed E-state index contributed by atoms with van der Waals surface area (Å²) < 4.78 is 11.6. The van der Waals surface area contributed by atoms with E-state index in [0.29, 0.717) is 17.7 Å². The number of aromatic nitrogens is 2. The summed E-state index contributed by atoms with van der Waals surface area (Å²) in [7, 11) is 1.59. The Morgan fingerprint density at radius 3 is 2.39 bits per heavy atom. The average Bonchev–Trinajstić information content (AvgIpc) is 3.08. The smallest absolute Gasteiger partial charge is 0.348 e. The van der Waals surface area contributed by atoms with E-state index in [1.165, 1.54) is 4.68 Å². The topological polar surface area (TPSA) is 99.5 Å². The molecule has 0 radical (unpaired) electrons. The van der Waals surface area contributed by atoms with E-state index in [-0.39, 0.29) is 39.4 Å². The lowest BCUT2D eigenvalue weighted by molar-refractivity contribution is 0.0506. The molecule has 2 aromatic heterocycles. The predicted octanol–water partition coefficient (Wildman–Crippen LogP) is 3.75. The predicted molar refractivity (Wildman–Crippen MR) is 106 cm³/mol. The summed E-state index contributed by atoms with van der Waals surface area (Å²) in [5.74, 6) is -1.73. The van der Waals surface area contributed by atoms with Gasteiger partial charge in [-0.3, -0.25) is 9.48 Å². The van der Waals surface area contributed by atoms with Gasteiger partial charge in [-0.2, -0.15) is 5.10 Å². The maximum atomic E-state index is 12.8. The zero-order valence-corrected chi connectivity index (χ0v) is 17.9. The molecule has 0 aliphatic carbocycles. The van der Waals surface area contributed by atoms with Crippen molar-refractivity contribution in [2.75, 3.05) is 18.5 Å². The highest BCUT2D eigenvalue weighted by molar-refractivity contribution is 7.18. The minimum atomic E-state index is -0.617. The number of hydrogen-bond donors (Lipinski definition) is 1. The first-order chi connectivity index (χ1) is 13.2. The first-order valence-corrected chi connectivity index (χ1v) is 9.90. The molecule has 0 atom stereocenters. The normalized spacial score (nSPS) is 10.6. The number of carbonyl (C=O) groups excluding carboxylic acids is 3. The zero-order chi connectivity index (χ0) is 21.0. The second kappa shape index (κ2) is 9.20. The summed E-state index contributed by atoms with van der Waals surface area (Å²) in [5, 5.41) is 7.18. The van der Waals surface area contributed by atoms with Gasteiger partial charge in [-0.05, 0) is 32.8 Å². The number of thiophene rings is 1. The number of anilines is 1. The molecule has 152 valence electrons. The molecule has 0 aromatic carbocycles. The van der Waals surface area contributed by atoms with Crippen LogP contribution in [-0.4, -0.2) is 40.8 Å². The molecule has 0 saturated heterocycles. The third kappa shape index (κ3) is 4.36. The lowest BCUT2D eigenvalue weighted by Crippen LogP contribution is -2.18. The Bertz CT molecular complexity index is 919. The Balaban J connectivity index is 2.46. The van der Waals surface area contributed by atoms with Crippen molar-refractivity contribution in [1.29, 1.82) is 0 Å². The molecule has 0 aliphatic rings. The summed E-state index contributed by atoms with van der Waals surface area (Å²) in [6.45, 7) is 7.27. The fourth-order valence-corrected chi connectivity index (χ4v) is 3.88. The van der Waals surface area contributed by atoms with Gasteiger partial charge in [0.1, 0.15) is 15.6 Å². The van der Waals surface area contributed by atoms with Crippen molar-refractivity contribution >= 4 is 45.8 Å². The summed E-state index contributed by atoms with van der Waals surface area (Å²) in [4.78, 5) is 37.7. The lowest BCUT2D eigenvalue weighted by Gasteiger charge is -2.08. The maximum absolute atomic E-state index is 12.8. The highest BCUT2D eigenvalue weighted by Crippen LogP contribution is 2.35. The number of nitrogens with one attached hydrogen (secondary N) is 1. The molecule has 0 fully saturated rings. The number of aryl methyl sites for hydroxylation is 2. The second-order valence-corrected chi connectivity index (χ2v) is 7.34. The third-order valence-electron chi connectivity index (χ3n) is 3.84. The van der Waals surface area contributed by atoms with E-state index < -0.39 is 17.8 Å². The molecular formula is C18H22ClN3O5S. The van der Waals surface area contributed by atoms with Gasteiger partial charge in [0.25, 0.3) is 5.91 Å². The van der Waals surface area contributed by atoms with Crippen molar-refractivity contribution in [2.24, 2.45) is 7.05 Å². The van der Waals surface area contributed by atoms with E-state index in [4.69, 9.17) is 21.1 Å². The number of esters is 2. The second-order valence-electron chi connectivity index (χ2n) is 5.94. The van der Waals surface area contributed by atoms with Gasteiger partial charge in [0.2, 0.25) is 0 Å². The van der Waals surface area contributed by atoms with Gasteiger partial charge in [0, 0.05) is 7.05 Å². The highest BCUT2D eigenvalue weighted by Gasteiger charge is 2.29. The van der Waals surface area contributed by atoms with Crippen LogP contribution in [0.2, 0.25) is 5.02 Å². The molecule has 0 saturated carbocycles. The Kier molecular flexibility index (Phi) is 7.20. The average molecular weight is 428 g/mol. The molecule has 10 heteroatoms. The van der Waals surface area contributed by atoms with Crippen LogP contribution in [0.3, 0.4) is 0 Å². The van der Waals surface area contributed by atoms with Crippen molar-refractivity contribution in [3.8, 4) is 0 Å². The monoisotopic (exact) mass is 427 g/mol. The third-order valence-corrected chi connectivity index (χ3v) is 5.48. The molecular weight excluding hydrogens is 406 g/mol. The van der Waals surface area contributed by atoms with Crippen molar-refractivity contribution in [2.45, 2.75) is 34.1 Å². The first-order valence-electron chi connectivity index (χ1n) is 8.70. The van der Waals surface area contributed by atoms with Crippen molar-refractivity contribution in [3.63, 3.8) is 0 Å². The minimum absolute atomic E-state index is 0.130. The molecule has 2 rings (SSSR count). The van der Waals surface area contributed by atoms with Crippen LogP contribution in [0.25, 0.3) is 0 Å². The SMILES string of the molecule is CCCOC(=O)c1c(NC(=O)c2c(Cl)c(C)nn2C)sc(C(=O)OCC)c1C. The van der Waals surface area contributed by atoms with Crippen molar-refractivity contribution in [1.82, 2.24) is 9.78 Å². The van der Waals surface area contributed by atoms with Crippen molar-refractivity contribution < 1.29 is 23.9 Å². The minimum Gasteiger partial charge on any atom is -0.462 e. The van der Waals surface area contributed by atoms with Crippen LogP contribution in [0, 0.1) is 13.8 Å². The van der Waals surface area contributed by atoms with Gasteiger partial charge in [0.15, 0.2) is 0 Å². The number of halogens is 1. The van der Waals surface area contributed by atoms with Crippen LogP contribution < -0.4 is 5.32 Å². The first kappa shape index (κ1) is 21.9. The number of amides is 1. The summed E-state index contributed by atoms with van der Waals surface area (Å²) in [5.41, 5.74) is 1.18. The van der Waals surface area contributed by atoms with E-state index in [9.17, 15) is 14.4 Å². The van der Waals surface area contributed by atoms with E-state index in [2.05, 4.69) is 10.4 Å². The number of rotatable bonds is 7. The Hall–Kier alpha value is -2.39. The van der Waals surface area contributed by atoms with Gasteiger partial charge >= 0.3 is 11.9 Å². The Morgan fingerprint density at radius 1 is 1.18 bits per heavy atom. The largest absolute Gasteiger partial charge is 0.462 e. The van der Waals surface area contributed by atoms with Gasteiger partial charge in [-0.1, -0.05) is 18.5 Å². The summed E-state index contributed by atoms with van der Waals surface area (Å²) in [6, 6.07) is 0. The van der Waals surface area contributed by atoms with Gasteiger partial charge in [0.05, 0.1) is 29.5 Å². The van der Waals surface area contributed by atoms with Crippen LogP contribution in [0.4, 0.5) is 5.00 Å². The molecule has 0 bridgehead atoms. The Morgan fingerprint density at radius 2 is 1.86 bits per heavy atom. The molecule has 0 unspecified atom stereocenters. The zero-order valence-electron chi connectivity index (χ0n) is 16.3. The standard InChI is InChI=1S/C18H22ClN3O5S/c1-6-8-27-17(24)11-9(3)14(18(25)26-7-2)28-16(11)20-15(23)13-12(19)10(4)21-22(13)5/h6-8H2,1-5H3,(H,20,23). The maximum Gasteiger partial charge on any atom is 0.348 e. The fraction of sp³-hybridized carbons (Fsp3) is 0.444. The highest BCUT2D eigenvalue weighted by atomic mass is 35.5. The lowest BCUT2D eigenvalue weighted by atomic mass is 10.1. The molecule has 1 N–H and O–H groups in total. The van der Waals surface area contributed by atoms with Crippen LogP contribution >= 0.6 is 22.9 Å². The molecule has 8 nitrogen and oxygen atoms in total. The van der Waals surface area contributed by atoms with Gasteiger partial charge in [-0.15, -0.1) is 11.3 Å². The molecule has 0 spiro atoms. The number of carbonyl (C=O) groups is 3. The van der Waals surface area contributed by atoms with Crippen LogP contribution in [0.5, 0.6) is 0 Å². The molecule has 28 heavy (non-hydrogen) atoms. The Labute approximate surface area is 171 Å². The molecule has 2 heterocycles. The van der Waals surface area contributed by atoms with E-state index in [1.54, 1.807) is 27.8 Å². The number of hydrogen-bond acceptors (Lipinski definition) is 7. The van der Waals surface area contributed by atoms with E-state index in [0.717, 1.165) is 11.3 Å². The summed E-state index contributed by atoms with van der Waals surface area (Å²) >= 11 is 7.13. The van der Waals surface area contributed by atoms with Crippen LogP contribution in [-0.2, 0) is 16.5 Å². The number of ether oxygens (including phenoxy) is 2. The van der Waals surface area contributed by atoms with Gasteiger partial charge in [-0.25, -0.2) is 9.59 Å². The number of nitrogens with zero attached hydrogens (tertiary/aromatic N) is 2. The van der Waals surface area contributed by atoms with E-state index in [1.807, 2.05) is 6.92 Å². The molecule has 0 aliphatic heterocycles. The summed E-state index contributed by atoms with van der Waals surface area (Å²) in [6.07, 6.45) is 0.644. The fourth-order valence-electron chi connectivity index (χ4n) is 2.55. The molecule has 1 amide bonds. The van der Waals surface area contributed by atoms with E-state index >= 15 is 0 Å². The van der Waals surface area contributed by atoms with Crippen LogP contribution in [0.15, 0.2) is 0 Å². The quantitative estimate of drug-likeness (QED) is 0.675. The van der Waals surface area contributed by atoms with Crippen molar-refractivity contribution in [3.05, 3.63) is 32.4 Å². The molecule has 2 aromatic rings. The van der Waals surface area contributed by atoms with Gasteiger partial charge < -0.3 is 14.8 Å². The van der Waals surface area contributed by atoms with Crippen LogP contribution in [0.1, 0.15) is 62.0 Å².